The van der Waals surface area contributed by atoms with E-state index in [0.717, 1.165) is 37.1 Å². The van der Waals surface area contributed by atoms with Crippen LogP contribution in [0.4, 0.5) is 0 Å². The smallest absolute Gasteiger partial charge is 0.224 e. The van der Waals surface area contributed by atoms with Crippen LogP contribution in [-0.2, 0) is 29.0 Å². The monoisotopic (exact) mass is 509 g/mol. The lowest BCUT2D eigenvalue weighted by atomic mass is 9.88. The number of rotatable bonds is 11. The Morgan fingerprint density at radius 1 is 0.946 bits per heavy atom. The number of carbonyl (C=O) groups excluding carboxylic acids is 2. The fraction of sp³-hybridized carbons (Fsp3) is 0.517. The molecule has 37 heavy (non-hydrogen) atoms. The Balaban J connectivity index is 1.41. The lowest BCUT2D eigenvalue weighted by Crippen LogP contribution is -2.48. The van der Waals surface area contributed by atoms with Crippen LogP contribution in [0.1, 0.15) is 36.5 Å². The Labute approximate surface area is 219 Å². The lowest BCUT2D eigenvalue weighted by Gasteiger charge is -2.37. The summed E-state index contributed by atoms with van der Waals surface area (Å²) >= 11 is 0. The summed E-state index contributed by atoms with van der Waals surface area (Å²) < 4.78 is 17.1. The van der Waals surface area contributed by atoms with Crippen LogP contribution in [-0.4, -0.2) is 63.7 Å². The minimum absolute atomic E-state index is 0.0184. The Morgan fingerprint density at radius 3 is 2.51 bits per heavy atom. The minimum Gasteiger partial charge on any atom is -0.493 e. The van der Waals surface area contributed by atoms with E-state index in [0.29, 0.717) is 44.3 Å². The molecule has 200 valence electrons. The summed E-state index contributed by atoms with van der Waals surface area (Å²) in [6, 6.07) is 12.4. The first-order valence-corrected chi connectivity index (χ1v) is 13.1. The predicted molar refractivity (Wildman–Crippen MR) is 142 cm³/mol. The molecule has 2 N–H and O–H groups in total. The zero-order valence-corrected chi connectivity index (χ0v) is 22.2. The van der Waals surface area contributed by atoms with Crippen molar-refractivity contribution in [2.45, 2.75) is 39.2 Å². The zero-order valence-electron chi connectivity index (χ0n) is 22.2. The van der Waals surface area contributed by atoms with E-state index in [-0.39, 0.29) is 23.7 Å². The van der Waals surface area contributed by atoms with Crippen LogP contribution < -0.4 is 24.8 Å². The summed E-state index contributed by atoms with van der Waals surface area (Å²) in [5.41, 5.74) is 3.93. The molecule has 0 spiro atoms. The van der Waals surface area contributed by atoms with Crippen molar-refractivity contribution >= 4 is 11.8 Å². The molecule has 1 fully saturated rings. The van der Waals surface area contributed by atoms with Gasteiger partial charge in [-0.05, 0) is 66.6 Å². The molecule has 0 aromatic heterocycles. The number of amides is 2. The van der Waals surface area contributed by atoms with Crippen LogP contribution in [0, 0.1) is 11.8 Å². The molecule has 0 saturated carbocycles. The Morgan fingerprint density at radius 2 is 1.73 bits per heavy atom. The van der Waals surface area contributed by atoms with E-state index in [4.69, 9.17) is 14.2 Å². The van der Waals surface area contributed by atoms with E-state index in [1.54, 1.807) is 14.2 Å². The first-order chi connectivity index (χ1) is 17.9. The van der Waals surface area contributed by atoms with Gasteiger partial charge in [-0.3, -0.25) is 14.5 Å². The number of fused-ring (bicyclic) bond motifs is 1. The van der Waals surface area contributed by atoms with Crippen molar-refractivity contribution in [1.29, 1.82) is 0 Å². The molecule has 2 aromatic carbocycles. The Bertz CT molecular complexity index is 1090. The van der Waals surface area contributed by atoms with E-state index >= 15 is 0 Å². The highest BCUT2D eigenvalue weighted by Gasteiger charge is 2.32. The van der Waals surface area contributed by atoms with Crippen LogP contribution in [0.3, 0.4) is 0 Å². The molecular formula is C29H39N3O5. The van der Waals surface area contributed by atoms with Crippen LogP contribution in [0.5, 0.6) is 17.2 Å². The molecule has 0 unspecified atom stereocenters. The first kappa shape index (κ1) is 26.8. The molecule has 2 amide bonds. The topological polar surface area (TPSA) is 89.1 Å². The Kier molecular flexibility index (Phi) is 9.28. The third kappa shape index (κ3) is 7.38. The van der Waals surface area contributed by atoms with Gasteiger partial charge in [-0.1, -0.05) is 12.1 Å². The fourth-order valence-electron chi connectivity index (χ4n) is 5.40. The average molecular weight is 510 g/mol. The molecule has 1 saturated heterocycles. The molecule has 1 aliphatic heterocycles. The first-order valence-electron chi connectivity index (χ1n) is 13.1. The molecule has 8 nitrogen and oxygen atoms in total. The highest BCUT2D eigenvalue weighted by atomic mass is 16.5. The summed E-state index contributed by atoms with van der Waals surface area (Å²) in [6.07, 6.45) is 4.25. The molecule has 4 rings (SSSR count). The summed E-state index contributed by atoms with van der Waals surface area (Å²) in [7, 11) is 3.26. The van der Waals surface area contributed by atoms with Gasteiger partial charge in [-0.2, -0.15) is 0 Å². The van der Waals surface area contributed by atoms with E-state index < -0.39 is 0 Å². The second-order valence-electron chi connectivity index (χ2n) is 10.1. The predicted octanol–water partition coefficient (Wildman–Crippen LogP) is 2.96. The van der Waals surface area contributed by atoms with Crippen molar-refractivity contribution in [1.82, 2.24) is 15.5 Å². The van der Waals surface area contributed by atoms with Gasteiger partial charge in [0.15, 0.2) is 11.5 Å². The van der Waals surface area contributed by atoms with Gasteiger partial charge in [0.1, 0.15) is 5.75 Å². The molecular weight excluding hydrogens is 470 g/mol. The number of piperidine rings is 1. The van der Waals surface area contributed by atoms with Crippen LogP contribution >= 0.6 is 0 Å². The summed E-state index contributed by atoms with van der Waals surface area (Å²) in [4.78, 5) is 26.5. The normalized spacial score (nSPS) is 19.1. The van der Waals surface area contributed by atoms with Crippen LogP contribution in [0.25, 0.3) is 0 Å². The maximum atomic E-state index is 13.0. The highest BCUT2D eigenvalue weighted by molar-refractivity contribution is 5.79. The standard InChI is InChI=1S/C29H39N3O5/c1-20(33)30-11-12-31-29(34)25-13-22(19-37-26-9-8-23-5-4-6-24(23)15-26)17-32(18-25)16-21-7-10-27(35-2)28(14-21)36-3/h7-10,14-15,22,25H,4-6,11-13,16-19H2,1-3H3,(H,30,33)(H,31,34)/t22-,25+/m0/s1. The summed E-state index contributed by atoms with van der Waals surface area (Å²) in [5.74, 6) is 2.28. The molecule has 1 heterocycles. The average Bonchev–Trinajstić information content (AvgIpc) is 3.37. The molecule has 2 aliphatic rings. The van der Waals surface area contributed by atoms with Crippen molar-refractivity contribution in [3.63, 3.8) is 0 Å². The van der Waals surface area contributed by atoms with E-state index in [9.17, 15) is 9.59 Å². The number of hydrogen-bond donors (Lipinski definition) is 2. The number of nitrogens with zero attached hydrogens (tertiary/aromatic N) is 1. The van der Waals surface area contributed by atoms with E-state index in [1.165, 1.54) is 24.5 Å². The number of carbonyl (C=O) groups is 2. The van der Waals surface area contributed by atoms with Gasteiger partial charge in [0.05, 0.1) is 26.7 Å². The fourth-order valence-corrected chi connectivity index (χ4v) is 5.40. The molecule has 2 atom stereocenters. The van der Waals surface area contributed by atoms with Crippen molar-refractivity contribution in [3.8, 4) is 17.2 Å². The quantitative estimate of drug-likeness (QED) is 0.453. The van der Waals surface area contributed by atoms with Crippen molar-refractivity contribution in [2.24, 2.45) is 11.8 Å². The van der Waals surface area contributed by atoms with Gasteiger partial charge in [-0.15, -0.1) is 0 Å². The van der Waals surface area contributed by atoms with Gasteiger partial charge in [0, 0.05) is 45.6 Å². The van der Waals surface area contributed by atoms with E-state index in [2.05, 4.69) is 33.7 Å². The minimum atomic E-state index is -0.153. The zero-order chi connectivity index (χ0) is 26.2. The summed E-state index contributed by atoms with van der Waals surface area (Å²) in [5, 5.41) is 5.71. The lowest BCUT2D eigenvalue weighted by molar-refractivity contribution is -0.128. The number of methoxy groups -OCH3 is 2. The van der Waals surface area contributed by atoms with Gasteiger partial charge >= 0.3 is 0 Å². The maximum Gasteiger partial charge on any atom is 0.224 e. The second kappa shape index (κ2) is 12.8. The Hall–Kier alpha value is -3.26. The van der Waals surface area contributed by atoms with E-state index in [1.807, 2.05) is 18.2 Å². The van der Waals surface area contributed by atoms with Crippen molar-refractivity contribution in [3.05, 3.63) is 53.1 Å². The molecule has 8 heteroatoms. The summed E-state index contributed by atoms with van der Waals surface area (Å²) in [6.45, 7) is 5.09. The highest BCUT2D eigenvalue weighted by Crippen LogP contribution is 2.31. The van der Waals surface area contributed by atoms with Gasteiger partial charge in [0.2, 0.25) is 11.8 Å². The number of likely N-dealkylation sites (tertiary alicyclic amines) is 1. The number of nitrogens with one attached hydrogen (secondary N) is 2. The van der Waals surface area contributed by atoms with Gasteiger partial charge < -0.3 is 24.8 Å². The van der Waals surface area contributed by atoms with Crippen LogP contribution in [0.15, 0.2) is 36.4 Å². The van der Waals surface area contributed by atoms with Crippen LogP contribution in [0.2, 0.25) is 0 Å². The van der Waals surface area contributed by atoms with Crippen molar-refractivity contribution in [2.75, 3.05) is 47.0 Å². The SMILES string of the molecule is COc1ccc(CN2C[C@@H](COc3ccc4c(c3)CCC4)C[C@@H](C(=O)NCCNC(C)=O)C2)cc1OC. The van der Waals surface area contributed by atoms with Crippen molar-refractivity contribution < 1.29 is 23.8 Å². The number of aryl methyl sites for hydroxylation is 2. The maximum absolute atomic E-state index is 13.0. The third-order valence-corrected chi connectivity index (χ3v) is 7.19. The molecule has 2 aromatic rings. The molecule has 0 radical (unpaired) electrons. The third-order valence-electron chi connectivity index (χ3n) is 7.19. The molecule has 0 bridgehead atoms. The number of benzene rings is 2. The molecule has 1 aliphatic carbocycles. The largest absolute Gasteiger partial charge is 0.493 e. The second-order valence-corrected chi connectivity index (χ2v) is 10.1. The van der Waals surface area contributed by atoms with Gasteiger partial charge in [-0.25, -0.2) is 0 Å². The van der Waals surface area contributed by atoms with Gasteiger partial charge in [0.25, 0.3) is 0 Å². The number of ether oxygens (including phenoxy) is 3. The number of hydrogen-bond acceptors (Lipinski definition) is 6.